The first-order valence-electron chi connectivity index (χ1n) is 6.32. The van der Waals surface area contributed by atoms with Crippen molar-refractivity contribution in [2.75, 3.05) is 33.4 Å². The van der Waals surface area contributed by atoms with Gasteiger partial charge in [-0.2, -0.15) is 0 Å². The highest BCUT2D eigenvalue weighted by Gasteiger charge is 2.18. The number of morpholine rings is 1. The molecule has 17 heavy (non-hydrogen) atoms. The van der Waals surface area contributed by atoms with Crippen molar-refractivity contribution in [3.8, 4) is 0 Å². The molecule has 1 saturated heterocycles. The van der Waals surface area contributed by atoms with Crippen molar-refractivity contribution in [1.82, 2.24) is 4.90 Å². The van der Waals surface area contributed by atoms with Gasteiger partial charge < -0.3 is 9.47 Å². The number of methoxy groups -OCH3 is 1. The van der Waals surface area contributed by atoms with Gasteiger partial charge in [-0.15, -0.1) is 0 Å². The van der Waals surface area contributed by atoms with E-state index in [0.29, 0.717) is 12.5 Å². The van der Waals surface area contributed by atoms with Crippen LogP contribution >= 0.6 is 0 Å². The molecule has 0 aromatic carbocycles. The Kier molecular flexibility index (Phi) is 6.22. The third-order valence-electron chi connectivity index (χ3n) is 3.10. The molecule has 4 heteroatoms. The van der Waals surface area contributed by atoms with E-state index in [4.69, 9.17) is 9.47 Å². The maximum absolute atomic E-state index is 11.4. The summed E-state index contributed by atoms with van der Waals surface area (Å²) < 4.78 is 10.3. The first-order valence-corrected chi connectivity index (χ1v) is 6.32. The summed E-state index contributed by atoms with van der Waals surface area (Å²) in [5.74, 6) is -0.215. The van der Waals surface area contributed by atoms with Gasteiger partial charge in [-0.05, 0) is 12.8 Å². The number of esters is 1. The molecule has 0 aliphatic carbocycles. The van der Waals surface area contributed by atoms with Crippen LogP contribution < -0.4 is 0 Å². The molecule has 0 saturated carbocycles. The molecule has 1 rings (SSSR count). The fourth-order valence-corrected chi connectivity index (χ4v) is 1.94. The van der Waals surface area contributed by atoms with Crippen molar-refractivity contribution in [3.63, 3.8) is 0 Å². The predicted molar refractivity (Wildman–Crippen MR) is 66.9 cm³/mol. The van der Waals surface area contributed by atoms with Gasteiger partial charge in [-0.1, -0.05) is 19.9 Å². The third kappa shape index (κ3) is 4.48. The molecular formula is C13H23NO3. The number of nitrogens with zero attached hydrogens (tertiary/aromatic N) is 1. The molecule has 0 bridgehead atoms. The zero-order valence-electron chi connectivity index (χ0n) is 11.1. The van der Waals surface area contributed by atoms with E-state index in [-0.39, 0.29) is 5.97 Å². The summed E-state index contributed by atoms with van der Waals surface area (Å²) in [7, 11) is 1.42. The molecule has 0 aromatic heterocycles. The van der Waals surface area contributed by atoms with E-state index >= 15 is 0 Å². The molecule has 0 amide bonds. The van der Waals surface area contributed by atoms with Gasteiger partial charge in [0.1, 0.15) is 0 Å². The summed E-state index contributed by atoms with van der Waals surface area (Å²) in [6, 6.07) is 0. The fraction of sp³-hybridized carbons (Fsp3) is 0.769. The second-order valence-electron chi connectivity index (χ2n) is 4.24. The Hall–Kier alpha value is -0.870. The number of rotatable bonds is 5. The molecule has 1 aliphatic heterocycles. The van der Waals surface area contributed by atoms with Gasteiger partial charge >= 0.3 is 5.97 Å². The van der Waals surface area contributed by atoms with E-state index in [9.17, 15) is 4.79 Å². The first kappa shape index (κ1) is 14.2. The third-order valence-corrected chi connectivity index (χ3v) is 3.10. The van der Waals surface area contributed by atoms with Crippen LogP contribution in [0.4, 0.5) is 0 Å². The standard InChI is InChI=1S/C13H23NO3/c1-4-11(13(15)16-3)6-7-14-8-9-17-12(5-2)10-14/h6,12H,4-5,7-10H2,1-3H3. The Bertz CT molecular complexity index is 276. The highest BCUT2D eigenvalue weighted by molar-refractivity contribution is 5.88. The molecule has 1 fully saturated rings. The van der Waals surface area contributed by atoms with E-state index in [1.165, 1.54) is 7.11 Å². The maximum atomic E-state index is 11.4. The Morgan fingerprint density at radius 3 is 2.88 bits per heavy atom. The van der Waals surface area contributed by atoms with Crippen LogP contribution in [-0.4, -0.2) is 50.3 Å². The molecule has 1 aliphatic rings. The summed E-state index contributed by atoms with van der Waals surface area (Å²) in [4.78, 5) is 13.7. The highest BCUT2D eigenvalue weighted by Crippen LogP contribution is 2.09. The topological polar surface area (TPSA) is 38.8 Å². The van der Waals surface area contributed by atoms with Crippen molar-refractivity contribution < 1.29 is 14.3 Å². The lowest BCUT2D eigenvalue weighted by Crippen LogP contribution is -2.42. The van der Waals surface area contributed by atoms with Crippen LogP contribution in [0.15, 0.2) is 11.6 Å². The van der Waals surface area contributed by atoms with E-state index in [2.05, 4.69) is 11.8 Å². The molecule has 0 N–H and O–H groups in total. The zero-order chi connectivity index (χ0) is 12.7. The number of hydrogen-bond acceptors (Lipinski definition) is 4. The Labute approximate surface area is 104 Å². The summed E-state index contributed by atoms with van der Waals surface area (Å²) in [6.45, 7) is 7.58. The SMILES string of the molecule is CCC(=CCN1CCOC(CC)C1)C(=O)OC. The first-order chi connectivity index (χ1) is 8.21. The number of carbonyl (C=O) groups is 1. The lowest BCUT2D eigenvalue weighted by Gasteiger charge is -2.31. The smallest absolute Gasteiger partial charge is 0.333 e. The lowest BCUT2D eigenvalue weighted by molar-refractivity contribution is -0.136. The monoisotopic (exact) mass is 241 g/mol. The zero-order valence-corrected chi connectivity index (χ0v) is 11.1. The van der Waals surface area contributed by atoms with Gasteiger partial charge in [-0.25, -0.2) is 4.79 Å². The van der Waals surface area contributed by atoms with Gasteiger partial charge in [0.25, 0.3) is 0 Å². The van der Waals surface area contributed by atoms with Crippen molar-refractivity contribution in [3.05, 3.63) is 11.6 Å². The van der Waals surface area contributed by atoms with Crippen LogP contribution in [0.1, 0.15) is 26.7 Å². The second kappa shape index (κ2) is 7.45. The van der Waals surface area contributed by atoms with Crippen LogP contribution in [0, 0.1) is 0 Å². The minimum Gasteiger partial charge on any atom is -0.466 e. The molecule has 0 aromatic rings. The van der Waals surface area contributed by atoms with Gasteiger partial charge in [-0.3, -0.25) is 4.90 Å². The molecular weight excluding hydrogens is 218 g/mol. The maximum Gasteiger partial charge on any atom is 0.333 e. The summed E-state index contributed by atoms with van der Waals surface area (Å²) in [6.07, 6.45) is 4.07. The number of ether oxygens (including phenoxy) is 2. The normalized spacial score (nSPS) is 22.5. The molecule has 0 radical (unpaired) electrons. The summed E-state index contributed by atoms with van der Waals surface area (Å²) in [5, 5.41) is 0. The molecule has 4 nitrogen and oxygen atoms in total. The average molecular weight is 241 g/mol. The van der Waals surface area contributed by atoms with Gasteiger partial charge in [0, 0.05) is 25.2 Å². The van der Waals surface area contributed by atoms with Crippen molar-refractivity contribution in [2.45, 2.75) is 32.8 Å². The van der Waals surface area contributed by atoms with Crippen LogP contribution in [-0.2, 0) is 14.3 Å². The fourth-order valence-electron chi connectivity index (χ4n) is 1.94. The largest absolute Gasteiger partial charge is 0.466 e. The van der Waals surface area contributed by atoms with Gasteiger partial charge in [0.2, 0.25) is 0 Å². The van der Waals surface area contributed by atoms with E-state index < -0.39 is 0 Å². The quantitative estimate of drug-likeness (QED) is 0.541. The summed E-state index contributed by atoms with van der Waals surface area (Å²) >= 11 is 0. The van der Waals surface area contributed by atoms with Crippen LogP contribution in [0.3, 0.4) is 0 Å². The Morgan fingerprint density at radius 2 is 2.29 bits per heavy atom. The Balaban J connectivity index is 2.47. The lowest BCUT2D eigenvalue weighted by atomic mass is 10.1. The second-order valence-corrected chi connectivity index (χ2v) is 4.24. The van der Waals surface area contributed by atoms with Crippen molar-refractivity contribution >= 4 is 5.97 Å². The highest BCUT2D eigenvalue weighted by atomic mass is 16.5. The van der Waals surface area contributed by atoms with Crippen LogP contribution in [0.5, 0.6) is 0 Å². The minimum absolute atomic E-state index is 0.215. The number of carbonyl (C=O) groups excluding carboxylic acids is 1. The molecule has 1 unspecified atom stereocenters. The van der Waals surface area contributed by atoms with Gasteiger partial charge in [0.15, 0.2) is 0 Å². The van der Waals surface area contributed by atoms with E-state index in [1.807, 2.05) is 13.0 Å². The van der Waals surface area contributed by atoms with Gasteiger partial charge in [0.05, 0.1) is 19.8 Å². The predicted octanol–water partition coefficient (Wildman–Crippen LogP) is 1.61. The molecule has 1 heterocycles. The average Bonchev–Trinajstić information content (AvgIpc) is 2.39. The molecule has 1 atom stereocenters. The molecule has 0 spiro atoms. The van der Waals surface area contributed by atoms with Crippen molar-refractivity contribution in [2.24, 2.45) is 0 Å². The van der Waals surface area contributed by atoms with E-state index in [1.54, 1.807) is 0 Å². The summed E-state index contributed by atoms with van der Waals surface area (Å²) in [5.41, 5.74) is 0.757. The molecule has 98 valence electrons. The minimum atomic E-state index is -0.215. The van der Waals surface area contributed by atoms with Crippen LogP contribution in [0.25, 0.3) is 0 Å². The van der Waals surface area contributed by atoms with Crippen LogP contribution in [0.2, 0.25) is 0 Å². The Morgan fingerprint density at radius 1 is 1.53 bits per heavy atom. The number of hydrogen-bond donors (Lipinski definition) is 0. The van der Waals surface area contributed by atoms with E-state index in [0.717, 1.165) is 38.2 Å². The van der Waals surface area contributed by atoms with Crippen molar-refractivity contribution in [1.29, 1.82) is 0 Å².